The number of hydrogen-bond donors (Lipinski definition) is 1. The summed E-state index contributed by atoms with van der Waals surface area (Å²) in [5, 5.41) is 4.62. The van der Waals surface area contributed by atoms with Gasteiger partial charge in [0.25, 0.3) is 0 Å². The fourth-order valence-electron chi connectivity index (χ4n) is 2.61. The summed E-state index contributed by atoms with van der Waals surface area (Å²) in [4.78, 5) is 6.75. The van der Waals surface area contributed by atoms with Crippen LogP contribution in [0.4, 0.5) is 5.82 Å². The van der Waals surface area contributed by atoms with Gasteiger partial charge in [-0.3, -0.25) is 4.90 Å². The first-order valence-corrected chi connectivity index (χ1v) is 6.79. The van der Waals surface area contributed by atoms with Gasteiger partial charge in [-0.15, -0.1) is 0 Å². The molecule has 0 saturated carbocycles. The average Bonchev–Trinajstić information content (AvgIpc) is 2.78. The van der Waals surface area contributed by atoms with Crippen LogP contribution in [0.25, 0.3) is 5.82 Å². The van der Waals surface area contributed by atoms with E-state index in [1.54, 1.807) is 10.9 Å². The first-order chi connectivity index (χ1) is 9.29. The Balaban J connectivity index is 1.95. The molecule has 3 rings (SSSR count). The molecule has 2 N–H and O–H groups in total. The monoisotopic (exact) mass is 257 g/mol. The van der Waals surface area contributed by atoms with Gasteiger partial charge >= 0.3 is 0 Å². The first-order valence-electron chi connectivity index (χ1n) is 6.79. The van der Waals surface area contributed by atoms with Crippen LogP contribution in [0, 0.1) is 0 Å². The normalized spacial score (nSPS) is 15.4. The fourth-order valence-corrected chi connectivity index (χ4v) is 2.61. The highest BCUT2D eigenvalue weighted by molar-refractivity contribution is 5.49. The lowest BCUT2D eigenvalue weighted by atomic mass is 10.1. The van der Waals surface area contributed by atoms with Crippen LogP contribution in [0.3, 0.4) is 0 Å². The maximum atomic E-state index is 6.25. The molecule has 100 valence electrons. The number of fused-ring (bicyclic) bond motifs is 1. The lowest BCUT2D eigenvalue weighted by Gasteiger charge is -2.25. The van der Waals surface area contributed by atoms with Crippen LogP contribution in [-0.4, -0.2) is 32.8 Å². The molecule has 3 heterocycles. The summed E-state index contributed by atoms with van der Waals surface area (Å²) in [5.41, 5.74) is 8.54. The Morgan fingerprint density at radius 2 is 2.26 bits per heavy atom. The van der Waals surface area contributed by atoms with Crippen LogP contribution in [0.2, 0.25) is 0 Å². The summed E-state index contributed by atoms with van der Waals surface area (Å²) >= 11 is 0. The Kier molecular flexibility index (Phi) is 3.21. The van der Waals surface area contributed by atoms with Crippen molar-refractivity contribution in [2.24, 2.45) is 0 Å². The van der Waals surface area contributed by atoms with E-state index in [1.807, 2.05) is 18.2 Å². The second-order valence-electron chi connectivity index (χ2n) is 4.94. The van der Waals surface area contributed by atoms with Crippen LogP contribution < -0.4 is 5.73 Å². The molecule has 0 bridgehead atoms. The van der Waals surface area contributed by atoms with Crippen molar-refractivity contribution in [2.45, 2.75) is 26.3 Å². The van der Waals surface area contributed by atoms with E-state index in [9.17, 15) is 0 Å². The van der Waals surface area contributed by atoms with Crippen LogP contribution in [0.5, 0.6) is 0 Å². The summed E-state index contributed by atoms with van der Waals surface area (Å²) in [6.07, 6.45) is 3.90. The van der Waals surface area contributed by atoms with Crippen LogP contribution in [0.1, 0.15) is 24.6 Å². The zero-order chi connectivity index (χ0) is 13.2. The van der Waals surface area contributed by atoms with Gasteiger partial charge in [-0.25, -0.2) is 4.98 Å². The molecule has 5 heteroatoms. The van der Waals surface area contributed by atoms with Gasteiger partial charge in [0.2, 0.25) is 0 Å². The molecule has 0 fully saturated rings. The minimum absolute atomic E-state index is 0.731. The molecule has 0 radical (unpaired) electrons. The SMILES string of the molecule is CCCN1CCc2nn(-c3ccccn3)c(N)c2C1. The number of pyridine rings is 1. The van der Waals surface area contributed by atoms with Crippen molar-refractivity contribution in [1.29, 1.82) is 0 Å². The van der Waals surface area contributed by atoms with Crippen molar-refractivity contribution in [3.8, 4) is 5.82 Å². The third-order valence-corrected chi connectivity index (χ3v) is 3.56. The zero-order valence-corrected chi connectivity index (χ0v) is 11.2. The van der Waals surface area contributed by atoms with Crippen molar-refractivity contribution in [2.75, 3.05) is 18.8 Å². The van der Waals surface area contributed by atoms with Gasteiger partial charge in [-0.05, 0) is 25.1 Å². The third-order valence-electron chi connectivity index (χ3n) is 3.56. The average molecular weight is 257 g/mol. The number of rotatable bonds is 3. The molecule has 0 aromatic carbocycles. The molecule has 2 aromatic rings. The van der Waals surface area contributed by atoms with E-state index < -0.39 is 0 Å². The van der Waals surface area contributed by atoms with E-state index in [0.29, 0.717) is 0 Å². The Hall–Kier alpha value is -1.88. The third kappa shape index (κ3) is 2.21. The molecule has 0 saturated heterocycles. The number of aromatic nitrogens is 3. The van der Waals surface area contributed by atoms with Crippen molar-refractivity contribution in [3.05, 3.63) is 35.7 Å². The molecular weight excluding hydrogens is 238 g/mol. The standard InChI is InChI=1S/C14H19N5/c1-2-8-18-9-6-12-11(10-18)14(15)19(17-12)13-5-3-4-7-16-13/h3-5,7H,2,6,8-10,15H2,1H3. The molecule has 2 aromatic heterocycles. The Labute approximate surface area is 113 Å². The minimum Gasteiger partial charge on any atom is -0.383 e. The van der Waals surface area contributed by atoms with E-state index in [1.165, 1.54) is 12.0 Å². The van der Waals surface area contributed by atoms with Gasteiger partial charge in [0, 0.05) is 31.3 Å². The van der Waals surface area contributed by atoms with Gasteiger partial charge in [-0.2, -0.15) is 9.78 Å². The molecule has 0 unspecified atom stereocenters. The molecule has 5 nitrogen and oxygen atoms in total. The second-order valence-corrected chi connectivity index (χ2v) is 4.94. The van der Waals surface area contributed by atoms with Crippen LogP contribution in [-0.2, 0) is 13.0 Å². The Morgan fingerprint density at radius 3 is 3.00 bits per heavy atom. The lowest BCUT2D eigenvalue weighted by Crippen LogP contribution is -2.31. The van der Waals surface area contributed by atoms with E-state index in [4.69, 9.17) is 5.73 Å². The summed E-state index contributed by atoms with van der Waals surface area (Å²) in [6.45, 7) is 5.30. The molecule has 0 spiro atoms. The Bertz CT molecular complexity index is 561. The van der Waals surface area contributed by atoms with Gasteiger partial charge in [-0.1, -0.05) is 13.0 Å². The van der Waals surface area contributed by atoms with E-state index >= 15 is 0 Å². The summed E-state index contributed by atoms with van der Waals surface area (Å²) in [7, 11) is 0. The predicted octanol–water partition coefficient (Wildman–Crippen LogP) is 1.62. The molecule has 1 aliphatic heterocycles. The predicted molar refractivity (Wildman–Crippen MR) is 75.0 cm³/mol. The zero-order valence-electron chi connectivity index (χ0n) is 11.2. The number of hydrogen-bond acceptors (Lipinski definition) is 4. The fraction of sp³-hybridized carbons (Fsp3) is 0.429. The molecule has 0 amide bonds. The highest BCUT2D eigenvalue weighted by atomic mass is 15.4. The van der Waals surface area contributed by atoms with Crippen LogP contribution >= 0.6 is 0 Å². The van der Waals surface area contributed by atoms with Gasteiger partial charge in [0.15, 0.2) is 5.82 Å². The highest BCUT2D eigenvalue weighted by Gasteiger charge is 2.23. The number of nitrogen functional groups attached to an aromatic ring is 1. The quantitative estimate of drug-likeness (QED) is 0.907. The van der Waals surface area contributed by atoms with Crippen molar-refractivity contribution in [1.82, 2.24) is 19.7 Å². The van der Waals surface area contributed by atoms with E-state index in [-0.39, 0.29) is 0 Å². The Morgan fingerprint density at radius 1 is 1.37 bits per heavy atom. The smallest absolute Gasteiger partial charge is 0.155 e. The number of nitrogens with two attached hydrogens (primary N) is 1. The first kappa shape index (κ1) is 12.2. The molecule has 1 aliphatic rings. The van der Waals surface area contributed by atoms with Crippen molar-refractivity contribution < 1.29 is 0 Å². The van der Waals surface area contributed by atoms with E-state index in [0.717, 1.165) is 43.4 Å². The van der Waals surface area contributed by atoms with Gasteiger partial charge < -0.3 is 5.73 Å². The van der Waals surface area contributed by atoms with Crippen LogP contribution in [0.15, 0.2) is 24.4 Å². The summed E-state index contributed by atoms with van der Waals surface area (Å²) in [5.74, 6) is 1.52. The molecule has 19 heavy (non-hydrogen) atoms. The van der Waals surface area contributed by atoms with Gasteiger partial charge in [0.05, 0.1) is 5.69 Å². The molecule has 0 aliphatic carbocycles. The number of anilines is 1. The highest BCUT2D eigenvalue weighted by Crippen LogP contribution is 2.25. The summed E-state index contributed by atoms with van der Waals surface area (Å²) < 4.78 is 1.76. The second kappa shape index (κ2) is 5.01. The minimum atomic E-state index is 0.731. The van der Waals surface area contributed by atoms with Gasteiger partial charge in [0.1, 0.15) is 5.82 Å². The number of nitrogens with zero attached hydrogens (tertiary/aromatic N) is 4. The van der Waals surface area contributed by atoms with Crippen molar-refractivity contribution >= 4 is 5.82 Å². The lowest BCUT2D eigenvalue weighted by molar-refractivity contribution is 0.254. The maximum absolute atomic E-state index is 6.25. The van der Waals surface area contributed by atoms with E-state index in [2.05, 4.69) is 21.9 Å². The molecule has 0 atom stereocenters. The van der Waals surface area contributed by atoms with Crippen molar-refractivity contribution in [3.63, 3.8) is 0 Å². The largest absolute Gasteiger partial charge is 0.383 e. The molecular formula is C14H19N5. The maximum Gasteiger partial charge on any atom is 0.155 e. The summed E-state index contributed by atoms with van der Waals surface area (Å²) in [6, 6.07) is 5.77. The topological polar surface area (TPSA) is 60.0 Å².